The molecule has 0 atom stereocenters. The third-order valence-electron chi connectivity index (χ3n) is 9.54. The van der Waals surface area contributed by atoms with Crippen LogP contribution in [0.25, 0.3) is 0 Å². The molecule has 6 heterocycles. The van der Waals surface area contributed by atoms with E-state index in [0.29, 0.717) is 0 Å². The van der Waals surface area contributed by atoms with E-state index in [0.717, 1.165) is 13.2 Å². The van der Waals surface area contributed by atoms with E-state index < -0.39 is 0 Å². The summed E-state index contributed by atoms with van der Waals surface area (Å²) < 4.78 is 11.2. The molecular weight excluding hydrogens is 460 g/mol. The van der Waals surface area contributed by atoms with E-state index in [-0.39, 0.29) is 0 Å². The Balaban J connectivity index is 0.000000174. The van der Waals surface area contributed by atoms with E-state index in [9.17, 15) is 0 Å². The van der Waals surface area contributed by atoms with Crippen LogP contribution < -0.4 is 9.47 Å². The van der Waals surface area contributed by atoms with Crippen LogP contribution >= 0.6 is 0 Å². The summed E-state index contributed by atoms with van der Waals surface area (Å²) in [5.41, 5.74) is 1.23. The summed E-state index contributed by atoms with van der Waals surface area (Å²) in [6.07, 6.45) is 6.97. The molecule has 1 aromatic rings. The monoisotopic (exact) mass is 522 g/mol. The van der Waals surface area contributed by atoms with Crippen molar-refractivity contribution in [3.8, 4) is 0 Å². The second kappa shape index (κ2) is 15.4. The molecule has 7 nitrogen and oxygen atoms in total. The smallest absolute Gasteiger partial charge is 0.170 e. The molecule has 0 N–H and O–H groups in total. The second-order valence-electron chi connectivity index (χ2n) is 12.4. The quantitative estimate of drug-likeness (QED) is 0.448. The van der Waals surface area contributed by atoms with Crippen LogP contribution in [-0.4, -0.2) is 145 Å². The van der Waals surface area contributed by atoms with Crippen LogP contribution in [0.3, 0.4) is 0 Å². The Morgan fingerprint density at radius 1 is 0.757 bits per heavy atom. The third kappa shape index (κ3) is 10.8. The molecule has 1 aromatic heterocycles. The summed E-state index contributed by atoms with van der Waals surface area (Å²) in [6, 6.07) is 4.17. The molecule has 37 heavy (non-hydrogen) atoms. The average Bonchev–Trinajstić information content (AvgIpc) is 3.38. The maximum Gasteiger partial charge on any atom is 0.170 e. The summed E-state index contributed by atoms with van der Waals surface area (Å²) >= 11 is 0. The van der Waals surface area contributed by atoms with Crippen LogP contribution in [0.5, 0.6) is 0 Å². The lowest BCUT2D eigenvalue weighted by Gasteiger charge is -2.50. The number of fused-ring (bicyclic) bond motifs is 3. The Hall–Kier alpha value is -1.25. The van der Waals surface area contributed by atoms with Gasteiger partial charge < -0.3 is 23.1 Å². The zero-order chi connectivity index (χ0) is 27.4. The highest BCUT2D eigenvalue weighted by Gasteiger charge is 2.36. The summed E-state index contributed by atoms with van der Waals surface area (Å²) in [6.45, 7) is 26.2. The number of likely N-dealkylation sites (N-methyl/N-ethyl adjacent to an activating group) is 2. The van der Waals surface area contributed by atoms with Gasteiger partial charge in [-0.15, -0.1) is 0 Å². The number of hydrogen-bond donors (Lipinski definition) is 0. The first-order valence-corrected chi connectivity index (χ1v) is 15.0. The van der Waals surface area contributed by atoms with Crippen molar-refractivity contribution in [1.82, 2.24) is 4.90 Å². The van der Waals surface area contributed by atoms with Crippen molar-refractivity contribution in [3.63, 3.8) is 0 Å². The number of pyridine rings is 1. The molecule has 5 aliphatic heterocycles. The molecule has 0 amide bonds. The fourth-order valence-electron chi connectivity index (χ4n) is 5.51. The third-order valence-corrected chi connectivity index (χ3v) is 9.54. The minimum Gasteiger partial charge on any atom is -0.377 e. The topological polar surface area (TPSA) is 19.6 Å². The molecule has 0 radical (unpaired) electrons. The number of nitrogens with zero attached hydrogens (tertiary/aromatic N) is 6. The summed E-state index contributed by atoms with van der Waals surface area (Å²) in [7, 11) is 10.7. The van der Waals surface area contributed by atoms with Crippen LogP contribution in [0, 0.1) is 0 Å². The highest BCUT2D eigenvalue weighted by atomic mass is 16.5. The van der Waals surface area contributed by atoms with Crippen molar-refractivity contribution in [2.45, 2.75) is 33.6 Å². The normalized spacial score (nSPS) is 27.0. The maximum absolute atomic E-state index is 5.25. The van der Waals surface area contributed by atoms with E-state index in [2.05, 4.69) is 56.8 Å². The van der Waals surface area contributed by atoms with Crippen LogP contribution in [0.1, 0.15) is 33.6 Å². The van der Waals surface area contributed by atoms with Crippen molar-refractivity contribution >= 4 is 5.69 Å². The molecule has 6 rings (SSSR count). The number of piperazine rings is 3. The van der Waals surface area contributed by atoms with E-state index >= 15 is 0 Å². The number of ether oxygens (including phenoxy) is 1. The van der Waals surface area contributed by atoms with Gasteiger partial charge in [-0.1, -0.05) is 0 Å². The highest BCUT2D eigenvalue weighted by molar-refractivity contribution is 5.41. The number of quaternary nitrogens is 3. The van der Waals surface area contributed by atoms with Crippen LogP contribution in [-0.2, 0) is 11.8 Å². The number of likely N-dealkylation sites (tertiary alicyclic amines) is 1. The van der Waals surface area contributed by atoms with Gasteiger partial charge in [-0.25, -0.2) is 4.57 Å². The molecule has 5 fully saturated rings. The first kappa shape index (κ1) is 32.0. The van der Waals surface area contributed by atoms with Gasteiger partial charge in [0.1, 0.15) is 20.1 Å². The largest absolute Gasteiger partial charge is 0.377 e. The first-order chi connectivity index (χ1) is 17.6. The van der Waals surface area contributed by atoms with Crippen molar-refractivity contribution < 1.29 is 22.8 Å². The fourth-order valence-corrected chi connectivity index (χ4v) is 5.51. The van der Waals surface area contributed by atoms with Gasteiger partial charge in [-0.05, 0) is 20.8 Å². The highest BCUT2D eigenvalue weighted by Crippen LogP contribution is 2.18. The molecule has 0 spiro atoms. The average molecular weight is 523 g/mol. The number of hydrogen-bond acceptors (Lipinski definition) is 3. The lowest BCUT2D eigenvalue weighted by atomic mass is 10.1. The molecular formula is C30H62N6O+4. The summed E-state index contributed by atoms with van der Waals surface area (Å²) in [5, 5.41) is 0. The predicted octanol–water partition coefficient (Wildman–Crippen LogP) is 2.46. The van der Waals surface area contributed by atoms with E-state index in [4.69, 9.17) is 4.74 Å². The van der Waals surface area contributed by atoms with Gasteiger partial charge in [0.15, 0.2) is 12.4 Å². The van der Waals surface area contributed by atoms with Gasteiger partial charge >= 0.3 is 0 Å². The van der Waals surface area contributed by atoms with Gasteiger partial charge in [-0.2, -0.15) is 0 Å². The van der Waals surface area contributed by atoms with Crippen molar-refractivity contribution in [1.29, 1.82) is 0 Å². The molecule has 0 aliphatic carbocycles. The number of aryl methyl sites for hydroxylation is 1. The lowest BCUT2D eigenvalue weighted by molar-refractivity contribution is -0.939. The number of morpholine rings is 1. The minimum absolute atomic E-state index is 0.949. The zero-order valence-corrected chi connectivity index (χ0v) is 25.9. The van der Waals surface area contributed by atoms with Crippen molar-refractivity contribution in [2.75, 3.05) is 131 Å². The van der Waals surface area contributed by atoms with Gasteiger partial charge in [0.2, 0.25) is 0 Å². The Bertz CT molecular complexity index is 719. The van der Waals surface area contributed by atoms with Crippen LogP contribution in [0.4, 0.5) is 5.69 Å². The minimum atomic E-state index is 0.949. The molecule has 214 valence electrons. The van der Waals surface area contributed by atoms with Gasteiger partial charge in [-0.3, -0.25) is 4.90 Å². The molecule has 5 saturated heterocycles. The first-order valence-electron chi connectivity index (χ1n) is 15.0. The molecule has 5 aliphatic rings. The van der Waals surface area contributed by atoms with Crippen molar-refractivity contribution in [3.05, 3.63) is 24.5 Å². The summed E-state index contributed by atoms with van der Waals surface area (Å²) in [5.74, 6) is 0. The predicted molar refractivity (Wildman–Crippen MR) is 157 cm³/mol. The second-order valence-corrected chi connectivity index (χ2v) is 12.4. The van der Waals surface area contributed by atoms with Gasteiger partial charge in [0.25, 0.3) is 0 Å². The fraction of sp³-hybridized carbons (Fsp3) is 0.833. The van der Waals surface area contributed by atoms with Gasteiger partial charge in [0, 0.05) is 64.4 Å². The number of rotatable bonds is 4. The van der Waals surface area contributed by atoms with Crippen LogP contribution in [0.2, 0.25) is 0 Å². The van der Waals surface area contributed by atoms with Crippen molar-refractivity contribution in [2.24, 2.45) is 7.05 Å². The van der Waals surface area contributed by atoms with Gasteiger partial charge in [0.05, 0.1) is 79.7 Å². The van der Waals surface area contributed by atoms with E-state index in [1.807, 2.05) is 38.1 Å². The van der Waals surface area contributed by atoms with Crippen LogP contribution in [0.15, 0.2) is 24.5 Å². The molecule has 0 unspecified atom stereocenters. The lowest BCUT2D eigenvalue weighted by Crippen LogP contribution is -2.67. The van der Waals surface area contributed by atoms with E-state index in [1.165, 1.54) is 117 Å². The SMILES string of the molecule is CC[N+]1(C)CCCC1.CC[N+]1(C)CCOCC1.CC[N+]12CCN(CC1)CC2.CN(C)c1cc[n+](C)cc1. The maximum atomic E-state index is 5.25. The Labute approximate surface area is 230 Å². The molecule has 0 aromatic carbocycles. The zero-order valence-electron chi connectivity index (χ0n) is 25.9. The Morgan fingerprint density at radius 3 is 1.54 bits per heavy atom. The molecule has 7 heteroatoms. The number of anilines is 1. The molecule has 2 bridgehead atoms. The van der Waals surface area contributed by atoms with E-state index in [1.54, 1.807) is 0 Å². The number of aromatic nitrogens is 1. The standard InChI is InChI=1S/C8H17N2.C8H13N2.C7H16NO.C7H16N/c1-2-10-6-3-9(4-7-10)5-8-10;1-9(2)8-4-6-10(3)7-5-8;1-3-8(2)4-6-9-7-5-8;1-3-8(2)6-4-5-7-8/h2-8H2,1H3;4-7H,1-3H3;3-7H2,1-2H3;3-7H2,1-2H3/q4*+1. The Kier molecular flexibility index (Phi) is 13.3. The molecule has 0 saturated carbocycles. The summed E-state index contributed by atoms with van der Waals surface area (Å²) in [4.78, 5) is 4.68. The Morgan fingerprint density at radius 2 is 1.22 bits per heavy atom.